The number of hydrogen-bond donors (Lipinski definition) is 2. The molecule has 2 N–H and O–H groups in total. The number of nitrogens with zero attached hydrogens (tertiary/aromatic N) is 2. The molecule has 1 aromatic heterocycles. The fraction of sp³-hybridized carbons (Fsp3) is 0.400. The molecule has 2 heterocycles. The largest absolute Gasteiger partial charge is 0.443 e. The lowest BCUT2D eigenvalue weighted by molar-refractivity contribution is -0.172. The van der Waals surface area contributed by atoms with Gasteiger partial charge in [-0.3, -0.25) is 20.0 Å². The number of rotatable bonds is 4. The van der Waals surface area contributed by atoms with Crippen LogP contribution in [0.5, 0.6) is 0 Å². The van der Waals surface area contributed by atoms with E-state index in [2.05, 4.69) is 15.8 Å². The van der Waals surface area contributed by atoms with Gasteiger partial charge in [-0.2, -0.15) is 0 Å². The summed E-state index contributed by atoms with van der Waals surface area (Å²) >= 11 is 0. The number of amides is 3. The van der Waals surface area contributed by atoms with Gasteiger partial charge < -0.3 is 9.57 Å². The van der Waals surface area contributed by atoms with Gasteiger partial charge in [-0.15, -0.1) is 5.06 Å². The normalized spacial score (nSPS) is 14.3. The molecule has 3 amide bonds. The number of hydrogen-bond acceptors (Lipinski definition) is 8. The number of carbonyl (C=O) groups excluding carboxylic acids is 4. The first-order valence-corrected chi connectivity index (χ1v) is 7.44. The molecule has 1 saturated heterocycles. The molecule has 25 heavy (non-hydrogen) atoms. The van der Waals surface area contributed by atoms with E-state index in [9.17, 15) is 19.2 Å². The number of imide groups is 1. The van der Waals surface area contributed by atoms with Crippen molar-refractivity contribution >= 4 is 29.6 Å². The molecule has 10 nitrogen and oxygen atoms in total. The van der Waals surface area contributed by atoms with Gasteiger partial charge in [-0.25, -0.2) is 15.0 Å². The van der Waals surface area contributed by atoms with E-state index in [1.807, 2.05) is 0 Å². The summed E-state index contributed by atoms with van der Waals surface area (Å²) in [5.74, 6) is -2.16. The van der Waals surface area contributed by atoms with Crippen molar-refractivity contribution in [1.29, 1.82) is 0 Å². The highest BCUT2D eigenvalue weighted by Gasteiger charge is 2.33. The first-order valence-electron chi connectivity index (χ1n) is 7.44. The van der Waals surface area contributed by atoms with E-state index in [0.717, 1.165) is 0 Å². The fourth-order valence-electron chi connectivity index (χ4n) is 1.88. The van der Waals surface area contributed by atoms with Gasteiger partial charge in [0.15, 0.2) is 0 Å². The molecule has 1 aromatic rings. The van der Waals surface area contributed by atoms with Gasteiger partial charge in [0.05, 0.1) is 5.69 Å². The van der Waals surface area contributed by atoms with E-state index >= 15 is 0 Å². The Morgan fingerprint density at radius 3 is 2.44 bits per heavy atom. The minimum atomic E-state index is -0.967. The third-order valence-corrected chi connectivity index (χ3v) is 2.92. The molecule has 0 spiro atoms. The van der Waals surface area contributed by atoms with Crippen LogP contribution < -0.4 is 10.9 Å². The zero-order valence-electron chi connectivity index (χ0n) is 14.0. The van der Waals surface area contributed by atoms with Gasteiger partial charge in [-0.1, -0.05) is 0 Å². The number of ether oxygens (including phenoxy) is 1. The summed E-state index contributed by atoms with van der Waals surface area (Å²) in [4.78, 5) is 55.5. The second-order valence-corrected chi connectivity index (χ2v) is 6.13. The molecule has 10 heteroatoms. The fourth-order valence-corrected chi connectivity index (χ4v) is 1.88. The van der Waals surface area contributed by atoms with E-state index in [4.69, 9.17) is 9.57 Å². The molecule has 0 bridgehead atoms. The first kappa shape index (κ1) is 18.2. The average molecular weight is 350 g/mol. The van der Waals surface area contributed by atoms with Gasteiger partial charge in [0.2, 0.25) is 0 Å². The average Bonchev–Trinajstić information content (AvgIpc) is 2.83. The highest BCUT2D eigenvalue weighted by molar-refractivity contribution is 6.03. The first-order chi connectivity index (χ1) is 11.7. The Morgan fingerprint density at radius 2 is 1.84 bits per heavy atom. The number of anilines is 1. The zero-order chi connectivity index (χ0) is 18.6. The molecule has 2 rings (SSSR count). The maximum Gasteiger partial charge on any atom is 0.426 e. The summed E-state index contributed by atoms with van der Waals surface area (Å²) in [6, 6.07) is 1.40. The monoisotopic (exact) mass is 350 g/mol. The van der Waals surface area contributed by atoms with Gasteiger partial charge in [0.25, 0.3) is 11.8 Å². The molecule has 1 aliphatic heterocycles. The maximum atomic E-state index is 12.2. The van der Waals surface area contributed by atoms with Crippen LogP contribution in [0.15, 0.2) is 18.5 Å². The Hall–Kier alpha value is -3.17. The molecule has 134 valence electrons. The molecule has 0 aromatic carbocycles. The minimum Gasteiger partial charge on any atom is -0.443 e. The van der Waals surface area contributed by atoms with E-state index in [0.29, 0.717) is 5.06 Å². The highest BCUT2D eigenvalue weighted by Crippen LogP contribution is 2.18. The van der Waals surface area contributed by atoms with Crippen LogP contribution in [0, 0.1) is 0 Å². The summed E-state index contributed by atoms with van der Waals surface area (Å²) in [6.45, 7) is 5.10. The molecular formula is C15H18N4O6. The number of pyridine rings is 1. The van der Waals surface area contributed by atoms with Crippen molar-refractivity contribution in [2.24, 2.45) is 0 Å². The standard InChI is InChI=1S/C15H18N4O6/c1-15(2,3)24-14(23)18-17-10-6-7-16-8-9(10)13(22)25-19-11(20)4-5-12(19)21/h6-8H,4-5H2,1-3H3,(H,16,17)(H,18,23). The smallest absolute Gasteiger partial charge is 0.426 e. The van der Waals surface area contributed by atoms with Gasteiger partial charge in [-0.05, 0) is 26.8 Å². The van der Waals surface area contributed by atoms with Crippen molar-refractivity contribution in [1.82, 2.24) is 15.5 Å². The summed E-state index contributed by atoms with van der Waals surface area (Å²) in [5.41, 5.74) is 4.17. The van der Waals surface area contributed by atoms with Crippen LogP contribution >= 0.6 is 0 Å². The topological polar surface area (TPSA) is 127 Å². The molecule has 0 aliphatic carbocycles. The predicted molar refractivity (Wildman–Crippen MR) is 83.7 cm³/mol. The Bertz CT molecular complexity index is 696. The minimum absolute atomic E-state index is 0.00946. The van der Waals surface area contributed by atoms with Crippen LogP contribution in [0.4, 0.5) is 10.5 Å². The highest BCUT2D eigenvalue weighted by atomic mass is 16.7. The quantitative estimate of drug-likeness (QED) is 0.611. The summed E-state index contributed by atoms with van der Waals surface area (Å²) < 4.78 is 5.05. The second-order valence-electron chi connectivity index (χ2n) is 6.13. The Kier molecular flexibility index (Phi) is 5.20. The number of carbonyl (C=O) groups is 4. The van der Waals surface area contributed by atoms with Gasteiger partial charge in [0, 0.05) is 25.2 Å². The molecule has 1 aliphatic rings. The zero-order valence-corrected chi connectivity index (χ0v) is 14.0. The molecule has 0 atom stereocenters. The lowest BCUT2D eigenvalue weighted by Crippen LogP contribution is -2.36. The summed E-state index contributed by atoms with van der Waals surface area (Å²) in [7, 11) is 0. The van der Waals surface area contributed by atoms with E-state index in [1.165, 1.54) is 18.5 Å². The summed E-state index contributed by atoms with van der Waals surface area (Å²) in [5, 5.41) is 0.431. The van der Waals surface area contributed by atoms with Gasteiger partial charge >= 0.3 is 12.1 Å². The summed E-state index contributed by atoms with van der Waals surface area (Å²) in [6.07, 6.45) is 1.78. The third kappa shape index (κ3) is 4.90. The van der Waals surface area contributed by atoms with Crippen molar-refractivity contribution in [3.8, 4) is 0 Å². The van der Waals surface area contributed by atoms with Crippen molar-refractivity contribution in [2.75, 3.05) is 5.43 Å². The SMILES string of the molecule is CC(C)(C)OC(=O)NNc1ccncc1C(=O)ON1C(=O)CCC1=O. The third-order valence-electron chi connectivity index (χ3n) is 2.92. The maximum absolute atomic E-state index is 12.2. The lowest BCUT2D eigenvalue weighted by atomic mass is 10.2. The van der Waals surface area contributed by atoms with Crippen LogP contribution in [-0.4, -0.2) is 39.5 Å². The predicted octanol–water partition coefficient (Wildman–Crippen LogP) is 1.15. The molecule has 0 unspecified atom stereocenters. The van der Waals surface area contributed by atoms with Crippen molar-refractivity contribution in [2.45, 2.75) is 39.2 Å². The Morgan fingerprint density at radius 1 is 1.20 bits per heavy atom. The Balaban J connectivity index is 2.04. The van der Waals surface area contributed by atoms with Crippen LogP contribution in [0.25, 0.3) is 0 Å². The van der Waals surface area contributed by atoms with Crippen LogP contribution in [0.3, 0.4) is 0 Å². The van der Waals surface area contributed by atoms with E-state index < -0.39 is 29.5 Å². The molecular weight excluding hydrogens is 332 g/mol. The lowest BCUT2D eigenvalue weighted by Gasteiger charge is -2.20. The number of hydroxylamine groups is 2. The molecule has 1 fully saturated rings. The van der Waals surface area contributed by atoms with Crippen LogP contribution in [-0.2, 0) is 19.2 Å². The van der Waals surface area contributed by atoms with Crippen LogP contribution in [0.1, 0.15) is 44.0 Å². The van der Waals surface area contributed by atoms with Gasteiger partial charge in [0.1, 0.15) is 11.2 Å². The van der Waals surface area contributed by atoms with Crippen LogP contribution in [0.2, 0.25) is 0 Å². The Labute approximate surface area is 143 Å². The van der Waals surface area contributed by atoms with Crippen molar-refractivity contribution in [3.63, 3.8) is 0 Å². The van der Waals surface area contributed by atoms with E-state index in [1.54, 1.807) is 20.8 Å². The second kappa shape index (κ2) is 7.16. The van der Waals surface area contributed by atoms with E-state index in [-0.39, 0.29) is 24.1 Å². The molecule has 0 saturated carbocycles. The number of nitrogens with one attached hydrogen (secondary N) is 2. The molecule has 0 radical (unpaired) electrons. The number of hydrazine groups is 1. The number of aromatic nitrogens is 1. The van der Waals surface area contributed by atoms with Crippen molar-refractivity contribution in [3.05, 3.63) is 24.0 Å². The van der Waals surface area contributed by atoms with Crippen molar-refractivity contribution < 1.29 is 28.8 Å².